The van der Waals surface area contributed by atoms with Gasteiger partial charge in [-0.1, -0.05) is 53.5 Å². The molecule has 2 aromatic rings. The van der Waals surface area contributed by atoms with Crippen LogP contribution in [-0.2, 0) is 16.1 Å². The summed E-state index contributed by atoms with van der Waals surface area (Å²) in [6.07, 6.45) is 0.0690. The van der Waals surface area contributed by atoms with E-state index in [1.807, 2.05) is 30.3 Å². The molecule has 22 heavy (non-hydrogen) atoms. The molecule has 0 N–H and O–H groups in total. The van der Waals surface area contributed by atoms with Crippen LogP contribution in [0.25, 0.3) is 0 Å². The fourth-order valence-electron chi connectivity index (χ4n) is 1.88. The molecule has 114 valence electrons. The molecule has 0 aromatic heterocycles. The molecule has 0 unspecified atom stereocenters. The highest BCUT2D eigenvalue weighted by Crippen LogP contribution is 2.22. The maximum absolute atomic E-state index is 12.0. The standard InChI is InChI=1S/C17H14Cl2O3/c18-13-6-7-14(15(19)10-13)16(20)8-9-17(21)22-11-12-4-2-1-3-5-12/h1-7,10H,8-9,11H2. The van der Waals surface area contributed by atoms with Crippen molar-refractivity contribution in [2.45, 2.75) is 19.4 Å². The number of rotatable bonds is 6. The zero-order valence-corrected chi connectivity index (χ0v) is 13.2. The Hall–Kier alpha value is -1.84. The average Bonchev–Trinajstić information content (AvgIpc) is 2.51. The van der Waals surface area contributed by atoms with Crippen LogP contribution in [0, 0.1) is 0 Å². The van der Waals surface area contributed by atoms with E-state index in [0.717, 1.165) is 5.56 Å². The third-order valence-corrected chi connectivity index (χ3v) is 3.58. The molecule has 0 fully saturated rings. The van der Waals surface area contributed by atoms with Gasteiger partial charge in [0.2, 0.25) is 0 Å². The van der Waals surface area contributed by atoms with Crippen LogP contribution in [0.3, 0.4) is 0 Å². The molecule has 0 spiro atoms. The Morgan fingerprint density at radius 2 is 1.68 bits per heavy atom. The van der Waals surface area contributed by atoms with E-state index in [4.69, 9.17) is 27.9 Å². The molecule has 0 saturated heterocycles. The van der Waals surface area contributed by atoms with Gasteiger partial charge in [-0.2, -0.15) is 0 Å². The topological polar surface area (TPSA) is 43.4 Å². The van der Waals surface area contributed by atoms with Crippen molar-refractivity contribution in [3.8, 4) is 0 Å². The summed E-state index contributed by atoms with van der Waals surface area (Å²) in [5.41, 5.74) is 1.27. The first-order valence-electron chi connectivity index (χ1n) is 6.74. The number of hydrogen-bond acceptors (Lipinski definition) is 3. The van der Waals surface area contributed by atoms with Crippen LogP contribution >= 0.6 is 23.2 Å². The van der Waals surface area contributed by atoms with Gasteiger partial charge in [0, 0.05) is 17.0 Å². The minimum atomic E-state index is -0.415. The van der Waals surface area contributed by atoms with Gasteiger partial charge in [-0.05, 0) is 23.8 Å². The molecular formula is C17H14Cl2O3. The largest absolute Gasteiger partial charge is 0.461 e. The summed E-state index contributed by atoms with van der Waals surface area (Å²) in [4.78, 5) is 23.7. The van der Waals surface area contributed by atoms with Crippen LogP contribution in [0.1, 0.15) is 28.8 Å². The number of halogens is 2. The third-order valence-electron chi connectivity index (χ3n) is 3.03. The van der Waals surface area contributed by atoms with Gasteiger partial charge in [0.15, 0.2) is 5.78 Å². The van der Waals surface area contributed by atoms with Crippen LogP contribution in [0.2, 0.25) is 10.0 Å². The summed E-state index contributed by atoms with van der Waals surface area (Å²) >= 11 is 11.7. The molecule has 2 aromatic carbocycles. The predicted molar refractivity (Wildman–Crippen MR) is 86.3 cm³/mol. The molecule has 0 atom stereocenters. The highest BCUT2D eigenvalue weighted by molar-refractivity contribution is 6.36. The second-order valence-corrected chi connectivity index (χ2v) is 5.54. The van der Waals surface area contributed by atoms with Crippen molar-refractivity contribution in [1.82, 2.24) is 0 Å². The number of carbonyl (C=O) groups is 2. The van der Waals surface area contributed by atoms with Crippen molar-refractivity contribution in [2.24, 2.45) is 0 Å². The first-order chi connectivity index (χ1) is 10.6. The number of Topliss-reactive ketones (excluding diaryl/α,β-unsaturated/α-hetero) is 1. The van der Waals surface area contributed by atoms with Crippen molar-refractivity contribution >= 4 is 35.0 Å². The maximum Gasteiger partial charge on any atom is 0.306 e. The molecule has 0 amide bonds. The highest BCUT2D eigenvalue weighted by Gasteiger charge is 2.13. The number of carbonyl (C=O) groups excluding carboxylic acids is 2. The summed E-state index contributed by atoms with van der Waals surface area (Å²) < 4.78 is 5.12. The molecule has 0 saturated carbocycles. The Labute approximate surface area is 138 Å². The second-order valence-electron chi connectivity index (χ2n) is 4.69. The molecule has 0 radical (unpaired) electrons. The Balaban J connectivity index is 1.82. The normalized spacial score (nSPS) is 10.3. The zero-order valence-electron chi connectivity index (χ0n) is 11.7. The van der Waals surface area contributed by atoms with Gasteiger partial charge in [-0.15, -0.1) is 0 Å². The average molecular weight is 337 g/mol. The van der Waals surface area contributed by atoms with Crippen molar-refractivity contribution in [2.75, 3.05) is 0 Å². The van der Waals surface area contributed by atoms with Gasteiger partial charge in [-0.25, -0.2) is 0 Å². The molecule has 3 nitrogen and oxygen atoms in total. The van der Waals surface area contributed by atoms with E-state index in [0.29, 0.717) is 10.6 Å². The molecule has 0 bridgehead atoms. The third kappa shape index (κ3) is 4.86. The molecule has 0 aliphatic rings. The van der Waals surface area contributed by atoms with Gasteiger partial charge < -0.3 is 4.74 Å². The van der Waals surface area contributed by atoms with Crippen LogP contribution in [0.15, 0.2) is 48.5 Å². The minimum Gasteiger partial charge on any atom is -0.461 e. The van der Waals surface area contributed by atoms with E-state index >= 15 is 0 Å². The Morgan fingerprint density at radius 3 is 2.36 bits per heavy atom. The quantitative estimate of drug-likeness (QED) is 0.567. The van der Waals surface area contributed by atoms with Crippen molar-refractivity contribution in [3.63, 3.8) is 0 Å². The van der Waals surface area contributed by atoms with Crippen molar-refractivity contribution < 1.29 is 14.3 Å². The van der Waals surface area contributed by atoms with E-state index in [9.17, 15) is 9.59 Å². The lowest BCUT2D eigenvalue weighted by Crippen LogP contribution is -2.08. The lowest BCUT2D eigenvalue weighted by Gasteiger charge is -2.06. The van der Waals surface area contributed by atoms with Crippen LogP contribution in [0.5, 0.6) is 0 Å². The summed E-state index contributed by atoms with van der Waals surface area (Å²) in [5, 5.41) is 0.749. The van der Waals surface area contributed by atoms with E-state index < -0.39 is 5.97 Å². The molecule has 0 aliphatic carbocycles. The fraction of sp³-hybridized carbons (Fsp3) is 0.176. The van der Waals surface area contributed by atoms with Gasteiger partial charge in [0.05, 0.1) is 11.4 Å². The summed E-state index contributed by atoms with van der Waals surface area (Å²) in [7, 11) is 0. The predicted octanol–water partition coefficient (Wildman–Crippen LogP) is 4.70. The van der Waals surface area contributed by atoms with Crippen LogP contribution < -0.4 is 0 Å². The SMILES string of the molecule is O=C(CCC(=O)c1ccc(Cl)cc1Cl)OCc1ccccc1. The number of ether oxygens (including phenoxy) is 1. The number of hydrogen-bond donors (Lipinski definition) is 0. The van der Waals surface area contributed by atoms with Crippen molar-refractivity contribution in [3.05, 3.63) is 69.7 Å². The van der Waals surface area contributed by atoms with Crippen LogP contribution in [-0.4, -0.2) is 11.8 Å². The Kier molecular flexibility index (Phi) is 5.99. The van der Waals surface area contributed by atoms with E-state index in [1.54, 1.807) is 12.1 Å². The van der Waals surface area contributed by atoms with Gasteiger partial charge in [0.1, 0.15) is 6.61 Å². The van der Waals surface area contributed by atoms with Gasteiger partial charge in [0.25, 0.3) is 0 Å². The molecule has 0 aliphatic heterocycles. The molecule has 2 rings (SSSR count). The van der Waals surface area contributed by atoms with Gasteiger partial charge >= 0.3 is 5.97 Å². The lowest BCUT2D eigenvalue weighted by molar-refractivity contribution is -0.144. The summed E-state index contributed by atoms with van der Waals surface area (Å²) in [6.45, 7) is 0.204. The monoisotopic (exact) mass is 336 g/mol. The van der Waals surface area contributed by atoms with E-state index in [-0.39, 0.29) is 30.3 Å². The molecular weight excluding hydrogens is 323 g/mol. The first kappa shape index (κ1) is 16.5. The van der Waals surface area contributed by atoms with Gasteiger partial charge in [-0.3, -0.25) is 9.59 Å². The second kappa shape index (κ2) is 7.97. The minimum absolute atomic E-state index is 0.0185. The summed E-state index contributed by atoms with van der Waals surface area (Å²) in [5.74, 6) is -0.624. The lowest BCUT2D eigenvalue weighted by atomic mass is 10.1. The number of benzene rings is 2. The summed E-state index contributed by atoms with van der Waals surface area (Å²) in [6, 6.07) is 14.0. The first-order valence-corrected chi connectivity index (χ1v) is 7.49. The molecule has 0 heterocycles. The Bertz CT molecular complexity index is 669. The van der Waals surface area contributed by atoms with E-state index in [1.165, 1.54) is 6.07 Å². The Morgan fingerprint density at radius 1 is 0.955 bits per heavy atom. The molecule has 5 heteroatoms. The van der Waals surface area contributed by atoms with E-state index in [2.05, 4.69) is 0 Å². The van der Waals surface area contributed by atoms with Crippen molar-refractivity contribution in [1.29, 1.82) is 0 Å². The number of ketones is 1. The highest BCUT2D eigenvalue weighted by atomic mass is 35.5. The zero-order chi connectivity index (χ0) is 15.9. The maximum atomic E-state index is 12.0. The fourth-order valence-corrected chi connectivity index (χ4v) is 2.39. The smallest absolute Gasteiger partial charge is 0.306 e. The van der Waals surface area contributed by atoms with Crippen LogP contribution in [0.4, 0.5) is 0 Å². The number of esters is 1.